The molecule has 37 heavy (non-hydrogen) atoms. The number of ether oxygens (including phenoxy) is 1. The standard InChI is InChI=1S/C24H25F3N6O3S/c1-13(28)23(37(3)35)14(2)31-22-9-21(19(27)10-29-22)36-18-11-32(12-18)24(34)33-20(4-5-30-33)15-6-16(25)8-17(26)7-15/h5-10,18,20H,4,11-12,28H2,1-3H3/t20-,37?/m0/s1. The van der Waals surface area contributed by atoms with Crippen LogP contribution in [0.2, 0.25) is 0 Å². The van der Waals surface area contributed by atoms with Crippen LogP contribution < -0.4 is 10.5 Å². The van der Waals surface area contributed by atoms with Gasteiger partial charge in [0, 0.05) is 36.7 Å². The van der Waals surface area contributed by atoms with Gasteiger partial charge in [0.05, 0.1) is 46.7 Å². The molecule has 3 heterocycles. The van der Waals surface area contributed by atoms with Crippen LogP contribution in [0.5, 0.6) is 5.75 Å². The third-order valence-electron chi connectivity index (χ3n) is 5.77. The maximum atomic E-state index is 14.4. The molecular weight excluding hydrogens is 509 g/mol. The van der Waals surface area contributed by atoms with Crippen molar-refractivity contribution in [1.29, 1.82) is 0 Å². The molecule has 0 bridgehead atoms. The molecule has 1 fully saturated rings. The van der Waals surface area contributed by atoms with E-state index in [1.165, 1.54) is 40.6 Å². The Morgan fingerprint density at radius 2 is 1.84 bits per heavy atom. The number of benzene rings is 1. The predicted molar refractivity (Wildman–Crippen MR) is 133 cm³/mol. The number of aliphatic imine (C=N–C) groups is 1. The van der Waals surface area contributed by atoms with Gasteiger partial charge in [0.2, 0.25) is 0 Å². The lowest BCUT2D eigenvalue weighted by Crippen LogP contribution is -2.58. The van der Waals surface area contributed by atoms with Crippen LogP contribution in [0.4, 0.5) is 23.8 Å². The highest BCUT2D eigenvalue weighted by atomic mass is 32.2. The van der Waals surface area contributed by atoms with Gasteiger partial charge in [-0.2, -0.15) is 5.10 Å². The van der Waals surface area contributed by atoms with Gasteiger partial charge >= 0.3 is 6.03 Å². The maximum absolute atomic E-state index is 14.4. The summed E-state index contributed by atoms with van der Waals surface area (Å²) >= 11 is 0. The molecule has 2 aliphatic heterocycles. The molecule has 0 aliphatic carbocycles. The summed E-state index contributed by atoms with van der Waals surface area (Å²) in [5.41, 5.74) is 6.83. The second-order valence-corrected chi connectivity index (χ2v) is 9.98. The molecule has 1 saturated heterocycles. The first kappa shape index (κ1) is 26.3. The Balaban J connectivity index is 1.41. The molecule has 1 aromatic heterocycles. The van der Waals surface area contributed by atoms with E-state index < -0.39 is 46.4 Å². The van der Waals surface area contributed by atoms with E-state index in [1.54, 1.807) is 13.8 Å². The number of nitrogens with two attached hydrogens (primary N) is 1. The van der Waals surface area contributed by atoms with E-state index in [-0.39, 0.29) is 24.7 Å². The zero-order valence-corrected chi connectivity index (χ0v) is 21.1. The van der Waals surface area contributed by atoms with Crippen molar-refractivity contribution in [2.45, 2.75) is 32.4 Å². The molecule has 1 unspecified atom stereocenters. The quantitative estimate of drug-likeness (QED) is 0.567. The third kappa shape index (κ3) is 5.82. The van der Waals surface area contributed by atoms with Gasteiger partial charge in [-0.3, -0.25) is 4.21 Å². The summed E-state index contributed by atoms with van der Waals surface area (Å²) < 4.78 is 59.4. The van der Waals surface area contributed by atoms with E-state index in [2.05, 4.69) is 15.1 Å². The molecule has 2 aliphatic rings. The van der Waals surface area contributed by atoms with Gasteiger partial charge < -0.3 is 15.4 Å². The Morgan fingerprint density at radius 1 is 1.16 bits per heavy atom. The van der Waals surface area contributed by atoms with E-state index in [0.29, 0.717) is 28.3 Å². The minimum atomic E-state index is -1.37. The average molecular weight is 535 g/mol. The molecule has 0 saturated carbocycles. The molecule has 2 amide bonds. The number of pyridine rings is 1. The summed E-state index contributed by atoms with van der Waals surface area (Å²) in [7, 11) is -1.37. The molecule has 13 heteroatoms. The van der Waals surface area contributed by atoms with Crippen molar-refractivity contribution in [3.05, 3.63) is 64.1 Å². The highest BCUT2D eigenvalue weighted by molar-refractivity contribution is 7.89. The van der Waals surface area contributed by atoms with Crippen molar-refractivity contribution in [1.82, 2.24) is 14.9 Å². The Labute approximate surface area is 214 Å². The number of rotatable bonds is 6. The number of amides is 2. The topological polar surface area (TPSA) is 113 Å². The van der Waals surface area contributed by atoms with Crippen LogP contribution >= 0.6 is 0 Å². The fraction of sp³-hybridized carbons (Fsp3) is 0.333. The van der Waals surface area contributed by atoms with Gasteiger partial charge in [-0.15, -0.1) is 0 Å². The Bertz CT molecular complexity index is 1320. The fourth-order valence-electron chi connectivity index (χ4n) is 4.14. The molecule has 4 rings (SSSR count). The van der Waals surface area contributed by atoms with Gasteiger partial charge in [0.25, 0.3) is 0 Å². The lowest BCUT2D eigenvalue weighted by atomic mass is 10.0. The summed E-state index contributed by atoms with van der Waals surface area (Å²) in [5, 5.41) is 5.25. The van der Waals surface area contributed by atoms with Crippen LogP contribution in [0.3, 0.4) is 0 Å². The fourth-order valence-corrected chi connectivity index (χ4v) is 5.06. The van der Waals surface area contributed by atoms with E-state index in [4.69, 9.17) is 10.5 Å². The molecule has 9 nitrogen and oxygen atoms in total. The smallest absolute Gasteiger partial charge is 0.341 e. The number of hydrogen-bond acceptors (Lipinski definition) is 7. The number of halogens is 3. The van der Waals surface area contributed by atoms with Crippen molar-refractivity contribution in [3.63, 3.8) is 0 Å². The second-order valence-electron chi connectivity index (χ2n) is 8.66. The van der Waals surface area contributed by atoms with Crippen molar-refractivity contribution in [3.8, 4) is 5.75 Å². The zero-order valence-electron chi connectivity index (χ0n) is 20.3. The van der Waals surface area contributed by atoms with Crippen molar-refractivity contribution in [2.24, 2.45) is 15.8 Å². The molecule has 2 N–H and O–H groups in total. The molecule has 2 aromatic rings. The van der Waals surface area contributed by atoms with Crippen molar-refractivity contribution in [2.75, 3.05) is 19.3 Å². The summed E-state index contributed by atoms with van der Waals surface area (Å²) in [5.74, 6) is -2.14. The molecule has 0 spiro atoms. The minimum absolute atomic E-state index is 0.0985. The molecular formula is C24H25F3N6O3S. The number of aromatic nitrogens is 1. The molecule has 196 valence electrons. The van der Waals surface area contributed by atoms with Crippen LogP contribution in [0.15, 0.2) is 51.2 Å². The number of likely N-dealkylation sites (tertiary alicyclic amines) is 1. The first-order chi connectivity index (χ1) is 17.5. The average Bonchev–Trinajstić information content (AvgIpc) is 3.26. The van der Waals surface area contributed by atoms with E-state index >= 15 is 0 Å². The second kappa shape index (κ2) is 10.7. The zero-order chi connectivity index (χ0) is 26.9. The number of carbonyl (C=O) groups is 1. The summed E-state index contributed by atoms with van der Waals surface area (Å²) in [4.78, 5) is 23.0. The highest BCUT2D eigenvalue weighted by Crippen LogP contribution is 2.32. The minimum Gasteiger partial charge on any atom is -0.483 e. The van der Waals surface area contributed by atoms with E-state index in [1.807, 2.05) is 0 Å². The predicted octanol–water partition coefficient (Wildman–Crippen LogP) is 3.78. The lowest BCUT2D eigenvalue weighted by molar-refractivity contribution is 0.0256. The Morgan fingerprint density at radius 3 is 2.46 bits per heavy atom. The van der Waals surface area contributed by atoms with Crippen LogP contribution in [0.25, 0.3) is 0 Å². The normalized spacial score (nSPS) is 19.5. The largest absolute Gasteiger partial charge is 0.483 e. The Hall–Kier alpha value is -3.74. The van der Waals surface area contributed by atoms with Crippen LogP contribution in [-0.2, 0) is 10.8 Å². The van der Waals surface area contributed by atoms with E-state index in [0.717, 1.165) is 12.3 Å². The number of hydrazone groups is 1. The molecule has 2 atom stereocenters. The SMILES string of the molecule is CC(=Nc1cc(OC2CN(C(=O)N3N=CC[C@H]3c3cc(F)cc(F)c3)C2)c(F)cn1)C(=C(C)N)S(C)=O. The summed E-state index contributed by atoms with van der Waals surface area (Å²) in [6.45, 7) is 3.55. The van der Waals surface area contributed by atoms with Crippen molar-refractivity contribution < 1.29 is 26.9 Å². The third-order valence-corrected chi connectivity index (χ3v) is 6.96. The first-order valence-electron chi connectivity index (χ1n) is 11.3. The highest BCUT2D eigenvalue weighted by Gasteiger charge is 2.39. The van der Waals surface area contributed by atoms with Crippen LogP contribution in [-0.4, -0.2) is 62.5 Å². The van der Waals surface area contributed by atoms with Gasteiger partial charge in [-0.05, 0) is 31.5 Å². The van der Waals surface area contributed by atoms with Gasteiger partial charge in [-0.1, -0.05) is 0 Å². The molecule has 0 radical (unpaired) electrons. The van der Waals surface area contributed by atoms with Gasteiger partial charge in [0.15, 0.2) is 17.4 Å². The monoisotopic (exact) mass is 534 g/mol. The van der Waals surface area contributed by atoms with Crippen LogP contribution in [0, 0.1) is 17.5 Å². The molecule has 1 aromatic carbocycles. The maximum Gasteiger partial charge on any atom is 0.341 e. The summed E-state index contributed by atoms with van der Waals surface area (Å²) in [6, 6.07) is 3.33. The number of allylic oxidation sites excluding steroid dienone is 2. The number of urea groups is 1. The Kier molecular flexibility index (Phi) is 7.62. The summed E-state index contributed by atoms with van der Waals surface area (Å²) in [6.07, 6.45) is 3.77. The number of hydrogen-bond donors (Lipinski definition) is 1. The number of carbonyl (C=O) groups excluding carboxylic acids is 1. The lowest BCUT2D eigenvalue weighted by Gasteiger charge is -2.41. The van der Waals surface area contributed by atoms with Gasteiger partial charge in [-0.25, -0.2) is 33.0 Å². The number of nitrogens with zero attached hydrogens (tertiary/aromatic N) is 5. The van der Waals surface area contributed by atoms with Crippen LogP contribution in [0.1, 0.15) is 31.9 Å². The van der Waals surface area contributed by atoms with Crippen molar-refractivity contribution >= 4 is 34.6 Å². The first-order valence-corrected chi connectivity index (χ1v) is 12.8. The van der Waals surface area contributed by atoms with Gasteiger partial charge in [0.1, 0.15) is 17.7 Å². The van der Waals surface area contributed by atoms with E-state index in [9.17, 15) is 22.2 Å².